The number of aromatic nitrogens is 1. The maximum absolute atomic E-state index is 11.4. The van der Waals surface area contributed by atoms with E-state index in [9.17, 15) is 9.70 Å². The monoisotopic (exact) mass is 222 g/mol. The number of hydrogen-bond acceptors (Lipinski definition) is 4. The maximum atomic E-state index is 11.4. The lowest BCUT2D eigenvalue weighted by Gasteiger charge is -2.20. The highest BCUT2D eigenvalue weighted by Gasteiger charge is 2.13. The molecule has 6 nitrogen and oxygen atoms in total. The number of nitroso groups, excluding NO2 is 1. The highest BCUT2D eigenvalue weighted by molar-refractivity contribution is 5.88. The van der Waals surface area contributed by atoms with Gasteiger partial charge in [0, 0.05) is 5.54 Å². The average Bonchev–Trinajstić information content (AvgIpc) is 2.16. The van der Waals surface area contributed by atoms with E-state index in [4.69, 9.17) is 0 Å². The smallest absolute Gasteiger partial charge is 0.320 e. The second-order valence-electron chi connectivity index (χ2n) is 4.32. The molecule has 16 heavy (non-hydrogen) atoms. The van der Waals surface area contributed by atoms with Crippen molar-refractivity contribution in [1.29, 1.82) is 0 Å². The van der Waals surface area contributed by atoms with Gasteiger partial charge in [-0.25, -0.2) is 9.78 Å². The molecule has 0 saturated carbocycles. The van der Waals surface area contributed by atoms with Gasteiger partial charge >= 0.3 is 6.03 Å². The van der Waals surface area contributed by atoms with Crippen LogP contribution in [0.2, 0.25) is 0 Å². The molecule has 2 N–H and O–H groups in total. The number of nitrogens with zero attached hydrogens (tertiary/aromatic N) is 2. The average molecular weight is 222 g/mol. The van der Waals surface area contributed by atoms with E-state index in [0.29, 0.717) is 5.82 Å². The molecule has 0 aromatic carbocycles. The number of rotatable bonds is 2. The van der Waals surface area contributed by atoms with Crippen LogP contribution < -0.4 is 10.6 Å². The number of amides is 2. The maximum Gasteiger partial charge on any atom is 0.320 e. The third-order valence-electron chi connectivity index (χ3n) is 1.58. The van der Waals surface area contributed by atoms with Crippen LogP contribution in [0.1, 0.15) is 20.8 Å². The zero-order chi connectivity index (χ0) is 12.2. The molecule has 0 radical (unpaired) electrons. The first-order valence-corrected chi connectivity index (χ1v) is 4.79. The van der Waals surface area contributed by atoms with Crippen LogP contribution in [0.25, 0.3) is 0 Å². The minimum Gasteiger partial charge on any atom is -0.333 e. The number of carbonyl (C=O) groups excluding carboxylic acids is 1. The Labute approximate surface area is 93.4 Å². The molecule has 86 valence electrons. The first-order valence-electron chi connectivity index (χ1n) is 4.79. The SMILES string of the molecule is CC(C)(C)NC(=O)Nc1ccc(N=O)cn1. The predicted octanol–water partition coefficient (Wildman–Crippen LogP) is 2.40. The van der Waals surface area contributed by atoms with Gasteiger partial charge in [-0.1, -0.05) is 0 Å². The van der Waals surface area contributed by atoms with Crippen LogP contribution in [0.5, 0.6) is 0 Å². The standard InChI is InChI=1S/C10H14N4O2/c1-10(2,3)13-9(15)12-8-5-4-7(14-16)6-11-8/h4-6H,1-3H3,(H2,11,12,13,15). The van der Waals surface area contributed by atoms with Crippen molar-refractivity contribution in [2.75, 3.05) is 5.32 Å². The van der Waals surface area contributed by atoms with Crippen molar-refractivity contribution in [2.24, 2.45) is 5.18 Å². The van der Waals surface area contributed by atoms with Crippen molar-refractivity contribution >= 4 is 17.5 Å². The summed E-state index contributed by atoms with van der Waals surface area (Å²) in [7, 11) is 0. The quantitative estimate of drug-likeness (QED) is 0.753. The van der Waals surface area contributed by atoms with Crippen LogP contribution in [0, 0.1) is 4.91 Å². The van der Waals surface area contributed by atoms with Crippen LogP contribution in [0.4, 0.5) is 16.3 Å². The predicted molar refractivity (Wildman–Crippen MR) is 61.6 cm³/mol. The molecule has 1 aromatic heterocycles. The molecule has 2 amide bonds. The van der Waals surface area contributed by atoms with E-state index in [1.807, 2.05) is 20.8 Å². The molecule has 0 spiro atoms. The van der Waals surface area contributed by atoms with Gasteiger partial charge < -0.3 is 5.32 Å². The molecule has 6 heteroatoms. The Balaban J connectivity index is 2.59. The summed E-state index contributed by atoms with van der Waals surface area (Å²) in [4.78, 5) is 25.4. The largest absolute Gasteiger partial charge is 0.333 e. The van der Waals surface area contributed by atoms with E-state index in [2.05, 4.69) is 20.8 Å². The van der Waals surface area contributed by atoms with Gasteiger partial charge in [-0.05, 0) is 38.1 Å². The van der Waals surface area contributed by atoms with E-state index < -0.39 is 0 Å². The molecule has 0 bridgehead atoms. The van der Waals surface area contributed by atoms with Gasteiger partial charge in [-0.15, -0.1) is 4.91 Å². The first-order chi connectivity index (χ1) is 7.40. The number of hydrogen-bond donors (Lipinski definition) is 2. The number of pyridine rings is 1. The van der Waals surface area contributed by atoms with Gasteiger partial charge in [0.05, 0.1) is 6.20 Å². The lowest BCUT2D eigenvalue weighted by molar-refractivity contribution is 0.243. The van der Waals surface area contributed by atoms with Crippen LogP contribution in [-0.4, -0.2) is 16.6 Å². The fourth-order valence-electron chi connectivity index (χ4n) is 1.00. The van der Waals surface area contributed by atoms with Gasteiger partial charge in [0.25, 0.3) is 0 Å². The van der Waals surface area contributed by atoms with Gasteiger partial charge in [-0.2, -0.15) is 0 Å². The molecule has 0 aliphatic heterocycles. The van der Waals surface area contributed by atoms with Crippen molar-refractivity contribution in [3.63, 3.8) is 0 Å². The van der Waals surface area contributed by atoms with E-state index in [0.717, 1.165) is 0 Å². The summed E-state index contributed by atoms with van der Waals surface area (Å²) < 4.78 is 0. The zero-order valence-corrected chi connectivity index (χ0v) is 9.44. The Morgan fingerprint density at radius 3 is 2.50 bits per heavy atom. The summed E-state index contributed by atoms with van der Waals surface area (Å²) in [5, 5.41) is 7.98. The lowest BCUT2D eigenvalue weighted by atomic mass is 10.1. The number of nitrogens with one attached hydrogen (secondary N) is 2. The Bertz CT molecular complexity index is 381. The molecule has 1 rings (SSSR count). The van der Waals surface area contributed by atoms with Crippen molar-refractivity contribution in [2.45, 2.75) is 26.3 Å². The molecule has 0 fully saturated rings. The van der Waals surface area contributed by atoms with E-state index in [1.165, 1.54) is 18.3 Å². The highest BCUT2D eigenvalue weighted by Crippen LogP contribution is 2.12. The van der Waals surface area contributed by atoms with Crippen molar-refractivity contribution < 1.29 is 4.79 Å². The Hall–Kier alpha value is -1.98. The first kappa shape index (κ1) is 12.1. The summed E-state index contributed by atoms with van der Waals surface area (Å²) in [6, 6.07) is 2.65. The fourth-order valence-corrected chi connectivity index (χ4v) is 1.00. The Morgan fingerprint density at radius 2 is 2.06 bits per heavy atom. The molecule has 0 atom stereocenters. The molecule has 0 aliphatic carbocycles. The second kappa shape index (κ2) is 4.69. The number of urea groups is 1. The third kappa shape index (κ3) is 4.04. The number of anilines is 1. The molecular formula is C10H14N4O2. The van der Waals surface area contributed by atoms with E-state index in [-0.39, 0.29) is 17.3 Å². The zero-order valence-electron chi connectivity index (χ0n) is 9.44. The van der Waals surface area contributed by atoms with Gasteiger partial charge in [-0.3, -0.25) is 5.32 Å². The Morgan fingerprint density at radius 1 is 1.38 bits per heavy atom. The molecule has 0 aliphatic rings. The topological polar surface area (TPSA) is 83.5 Å². The fraction of sp³-hybridized carbons (Fsp3) is 0.400. The Kier molecular flexibility index (Phi) is 3.55. The summed E-state index contributed by atoms with van der Waals surface area (Å²) in [5.74, 6) is 0.370. The summed E-state index contributed by atoms with van der Waals surface area (Å²) >= 11 is 0. The van der Waals surface area contributed by atoms with Gasteiger partial charge in [0.2, 0.25) is 0 Å². The van der Waals surface area contributed by atoms with Crippen molar-refractivity contribution in [3.05, 3.63) is 23.2 Å². The van der Waals surface area contributed by atoms with Crippen LogP contribution in [0.15, 0.2) is 23.5 Å². The third-order valence-corrected chi connectivity index (χ3v) is 1.58. The molecule has 1 aromatic rings. The van der Waals surface area contributed by atoms with Crippen LogP contribution >= 0.6 is 0 Å². The minimum absolute atomic E-state index is 0.224. The molecule has 0 saturated heterocycles. The summed E-state index contributed by atoms with van der Waals surface area (Å²) in [6.45, 7) is 5.62. The summed E-state index contributed by atoms with van der Waals surface area (Å²) in [6.07, 6.45) is 1.29. The summed E-state index contributed by atoms with van der Waals surface area (Å²) in [5.41, 5.74) is -0.0873. The van der Waals surface area contributed by atoms with E-state index in [1.54, 1.807) is 0 Å². The normalized spacial score (nSPS) is 10.7. The molecule has 1 heterocycles. The van der Waals surface area contributed by atoms with Crippen molar-refractivity contribution in [1.82, 2.24) is 10.3 Å². The second-order valence-corrected chi connectivity index (χ2v) is 4.32. The minimum atomic E-state index is -0.341. The molecule has 0 unspecified atom stereocenters. The lowest BCUT2D eigenvalue weighted by Crippen LogP contribution is -2.43. The van der Waals surface area contributed by atoms with Crippen LogP contribution in [0.3, 0.4) is 0 Å². The highest BCUT2D eigenvalue weighted by atomic mass is 16.3. The van der Waals surface area contributed by atoms with Gasteiger partial charge in [0.15, 0.2) is 0 Å². The molecular weight excluding hydrogens is 208 g/mol. The van der Waals surface area contributed by atoms with E-state index >= 15 is 0 Å². The van der Waals surface area contributed by atoms with Gasteiger partial charge in [0.1, 0.15) is 11.5 Å². The number of carbonyl (C=O) groups is 1. The van der Waals surface area contributed by atoms with Crippen LogP contribution in [-0.2, 0) is 0 Å². The van der Waals surface area contributed by atoms with Crippen molar-refractivity contribution in [3.8, 4) is 0 Å².